The third kappa shape index (κ3) is 3.85. The van der Waals surface area contributed by atoms with E-state index in [9.17, 15) is 9.59 Å². The van der Waals surface area contributed by atoms with Crippen molar-refractivity contribution in [3.8, 4) is 11.3 Å². The van der Waals surface area contributed by atoms with Crippen LogP contribution in [0.5, 0.6) is 0 Å². The molecule has 150 valence electrons. The molecule has 2 heterocycles. The molecule has 7 nitrogen and oxygen atoms in total. The molecule has 0 aliphatic heterocycles. The Morgan fingerprint density at radius 1 is 1.00 bits per heavy atom. The van der Waals surface area contributed by atoms with Crippen LogP contribution in [0.1, 0.15) is 20.8 Å². The van der Waals surface area contributed by atoms with Gasteiger partial charge in [0, 0.05) is 23.5 Å². The number of nitrogens with zero attached hydrogens (tertiary/aromatic N) is 3. The summed E-state index contributed by atoms with van der Waals surface area (Å²) in [6, 6.07) is 14.9. The summed E-state index contributed by atoms with van der Waals surface area (Å²) >= 11 is 12.1. The van der Waals surface area contributed by atoms with Crippen molar-refractivity contribution in [2.75, 3.05) is 12.4 Å². The Bertz CT molecular complexity index is 1270. The van der Waals surface area contributed by atoms with Crippen LogP contribution in [-0.2, 0) is 4.74 Å². The first-order valence-corrected chi connectivity index (χ1v) is 9.52. The van der Waals surface area contributed by atoms with Crippen molar-refractivity contribution in [2.24, 2.45) is 0 Å². The molecule has 0 bridgehead atoms. The number of esters is 1. The molecular formula is C21H14Cl2N4O3. The molecule has 4 rings (SSSR count). The lowest BCUT2D eigenvalue weighted by Crippen LogP contribution is -2.13. The topological polar surface area (TPSA) is 85.6 Å². The SMILES string of the molecule is COC(=O)c1ccc(NC(=O)c2cc3nccc(-c4ccc(Cl)c(Cl)c4)n3n2)cc1. The molecule has 30 heavy (non-hydrogen) atoms. The number of nitrogens with one attached hydrogen (secondary N) is 1. The summed E-state index contributed by atoms with van der Waals surface area (Å²) in [5.74, 6) is -0.861. The Balaban J connectivity index is 1.62. The average Bonchev–Trinajstić information content (AvgIpc) is 3.20. The number of amides is 1. The van der Waals surface area contributed by atoms with Gasteiger partial charge in [0.05, 0.1) is 28.4 Å². The summed E-state index contributed by atoms with van der Waals surface area (Å²) in [5, 5.41) is 8.00. The summed E-state index contributed by atoms with van der Waals surface area (Å²) in [7, 11) is 1.31. The largest absolute Gasteiger partial charge is 0.465 e. The van der Waals surface area contributed by atoms with Crippen molar-refractivity contribution in [2.45, 2.75) is 0 Å². The van der Waals surface area contributed by atoms with Gasteiger partial charge in [-0.1, -0.05) is 29.3 Å². The standard InChI is InChI=1S/C21H14Cl2N4O3/c1-30-21(29)12-2-5-14(6-3-12)25-20(28)17-11-19-24-9-8-18(27(19)26-17)13-4-7-15(22)16(23)10-13/h2-11H,1H3,(H,25,28). The van der Waals surface area contributed by atoms with Gasteiger partial charge in [-0.15, -0.1) is 0 Å². The predicted octanol–water partition coefficient (Wildman–Crippen LogP) is 4.74. The molecule has 0 unspecified atom stereocenters. The van der Waals surface area contributed by atoms with Gasteiger partial charge in [-0.2, -0.15) is 5.10 Å². The molecule has 0 saturated heterocycles. The Kier molecular flexibility index (Phi) is 5.39. The number of hydrogen-bond acceptors (Lipinski definition) is 5. The van der Waals surface area contributed by atoms with Crippen LogP contribution < -0.4 is 5.32 Å². The van der Waals surface area contributed by atoms with E-state index in [1.807, 2.05) is 6.07 Å². The second-order valence-electron chi connectivity index (χ2n) is 6.28. The molecule has 0 aliphatic rings. The van der Waals surface area contributed by atoms with Gasteiger partial charge >= 0.3 is 5.97 Å². The van der Waals surface area contributed by atoms with Crippen molar-refractivity contribution < 1.29 is 14.3 Å². The molecule has 0 aliphatic carbocycles. The molecule has 0 atom stereocenters. The molecule has 9 heteroatoms. The van der Waals surface area contributed by atoms with E-state index in [1.54, 1.807) is 59.2 Å². The highest BCUT2D eigenvalue weighted by atomic mass is 35.5. The van der Waals surface area contributed by atoms with Crippen LogP contribution in [0.25, 0.3) is 16.9 Å². The number of rotatable bonds is 4. The number of ether oxygens (including phenoxy) is 1. The van der Waals surface area contributed by atoms with Crippen molar-refractivity contribution in [1.82, 2.24) is 14.6 Å². The number of aromatic nitrogens is 3. The van der Waals surface area contributed by atoms with Crippen molar-refractivity contribution >= 4 is 46.4 Å². The summed E-state index contributed by atoms with van der Waals surface area (Å²) < 4.78 is 6.22. The van der Waals surface area contributed by atoms with Gasteiger partial charge < -0.3 is 10.1 Å². The molecular weight excluding hydrogens is 427 g/mol. The van der Waals surface area contributed by atoms with Gasteiger partial charge in [0.15, 0.2) is 11.3 Å². The van der Waals surface area contributed by atoms with Gasteiger partial charge in [-0.05, 0) is 42.5 Å². The molecule has 2 aromatic carbocycles. The van der Waals surface area contributed by atoms with Crippen molar-refractivity contribution in [3.05, 3.63) is 82.1 Å². The number of hydrogen-bond donors (Lipinski definition) is 1. The van der Waals surface area contributed by atoms with E-state index in [-0.39, 0.29) is 5.69 Å². The van der Waals surface area contributed by atoms with E-state index < -0.39 is 11.9 Å². The first kappa shape index (κ1) is 19.9. The average molecular weight is 441 g/mol. The van der Waals surface area contributed by atoms with Gasteiger partial charge in [0.25, 0.3) is 5.91 Å². The van der Waals surface area contributed by atoms with Gasteiger partial charge in [0.2, 0.25) is 0 Å². The summed E-state index contributed by atoms with van der Waals surface area (Å²) in [5.41, 5.74) is 3.09. The van der Waals surface area contributed by atoms with Gasteiger partial charge in [-0.25, -0.2) is 14.3 Å². The molecule has 0 spiro atoms. The molecule has 0 fully saturated rings. The lowest BCUT2D eigenvalue weighted by atomic mass is 10.1. The maximum absolute atomic E-state index is 12.7. The minimum absolute atomic E-state index is 0.187. The van der Waals surface area contributed by atoms with Crippen LogP contribution in [0.4, 0.5) is 5.69 Å². The highest BCUT2D eigenvalue weighted by Crippen LogP contribution is 2.28. The highest BCUT2D eigenvalue weighted by molar-refractivity contribution is 6.42. The first-order chi connectivity index (χ1) is 14.5. The first-order valence-electron chi connectivity index (χ1n) is 8.76. The fourth-order valence-electron chi connectivity index (χ4n) is 2.88. The van der Waals surface area contributed by atoms with Gasteiger partial charge in [0.1, 0.15) is 0 Å². The smallest absolute Gasteiger partial charge is 0.337 e. The van der Waals surface area contributed by atoms with E-state index >= 15 is 0 Å². The van der Waals surface area contributed by atoms with Crippen molar-refractivity contribution in [3.63, 3.8) is 0 Å². The summed E-state index contributed by atoms with van der Waals surface area (Å²) in [4.78, 5) is 28.4. The maximum Gasteiger partial charge on any atom is 0.337 e. The number of fused-ring (bicyclic) bond motifs is 1. The van der Waals surface area contributed by atoms with Crippen LogP contribution >= 0.6 is 23.2 Å². The number of methoxy groups -OCH3 is 1. The number of halogens is 2. The molecule has 1 N–H and O–H groups in total. The van der Waals surface area contributed by atoms with E-state index in [4.69, 9.17) is 23.2 Å². The Hall–Kier alpha value is -3.42. The molecule has 0 radical (unpaired) electrons. The normalized spacial score (nSPS) is 10.8. The van der Waals surface area contributed by atoms with E-state index in [1.165, 1.54) is 7.11 Å². The van der Waals surface area contributed by atoms with Crippen LogP contribution in [0.15, 0.2) is 60.8 Å². The Morgan fingerprint density at radius 3 is 2.47 bits per heavy atom. The lowest BCUT2D eigenvalue weighted by molar-refractivity contribution is 0.0600. The van der Waals surface area contributed by atoms with Crippen LogP contribution in [-0.4, -0.2) is 33.6 Å². The van der Waals surface area contributed by atoms with Crippen LogP contribution in [0.3, 0.4) is 0 Å². The molecule has 4 aromatic rings. The number of carbonyl (C=O) groups is 2. The fourth-order valence-corrected chi connectivity index (χ4v) is 3.18. The van der Waals surface area contributed by atoms with Crippen LogP contribution in [0.2, 0.25) is 10.0 Å². The third-order valence-electron chi connectivity index (χ3n) is 4.37. The minimum Gasteiger partial charge on any atom is -0.465 e. The molecule has 1 amide bonds. The predicted molar refractivity (Wildman–Crippen MR) is 114 cm³/mol. The highest BCUT2D eigenvalue weighted by Gasteiger charge is 2.15. The number of benzene rings is 2. The zero-order chi connectivity index (χ0) is 21.3. The zero-order valence-corrected chi connectivity index (χ0v) is 17.1. The second-order valence-corrected chi connectivity index (χ2v) is 7.10. The quantitative estimate of drug-likeness (QED) is 0.463. The van der Waals surface area contributed by atoms with Crippen LogP contribution in [0, 0.1) is 0 Å². The molecule has 2 aromatic heterocycles. The Morgan fingerprint density at radius 2 is 1.77 bits per heavy atom. The maximum atomic E-state index is 12.7. The summed E-state index contributed by atoms with van der Waals surface area (Å²) in [6.07, 6.45) is 1.63. The minimum atomic E-state index is -0.450. The second kappa shape index (κ2) is 8.14. The van der Waals surface area contributed by atoms with Gasteiger partial charge in [-0.3, -0.25) is 4.79 Å². The van der Waals surface area contributed by atoms with E-state index in [0.29, 0.717) is 32.6 Å². The number of carbonyl (C=O) groups excluding carboxylic acids is 2. The number of anilines is 1. The summed E-state index contributed by atoms with van der Waals surface area (Å²) in [6.45, 7) is 0. The lowest BCUT2D eigenvalue weighted by Gasteiger charge is -2.06. The van der Waals surface area contributed by atoms with E-state index in [0.717, 1.165) is 5.56 Å². The van der Waals surface area contributed by atoms with E-state index in [2.05, 4.69) is 20.1 Å². The Labute approximate surface area is 181 Å². The monoisotopic (exact) mass is 440 g/mol. The fraction of sp³-hybridized carbons (Fsp3) is 0.0476. The third-order valence-corrected chi connectivity index (χ3v) is 5.11. The van der Waals surface area contributed by atoms with Crippen molar-refractivity contribution in [1.29, 1.82) is 0 Å². The zero-order valence-electron chi connectivity index (χ0n) is 15.6. The molecule has 0 saturated carbocycles.